The molecular formula is C22H44O2. The Bertz CT molecular complexity index is 236. The lowest BCUT2D eigenvalue weighted by molar-refractivity contribution is -0.0912. The van der Waals surface area contributed by atoms with Crippen LogP contribution in [0.15, 0.2) is 0 Å². The lowest BCUT2D eigenvalue weighted by Gasteiger charge is -2.22. The molecule has 0 aromatic heterocycles. The summed E-state index contributed by atoms with van der Waals surface area (Å²) in [7, 11) is 0. The third-order valence-corrected chi connectivity index (χ3v) is 5.26. The lowest BCUT2D eigenvalue weighted by atomic mass is 10.0. The second-order valence-corrected chi connectivity index (χ2v) is 7.66. The van der Waals surface area contributed by atoms with E-state index in [1.165, 1.54) is 109 Å². The molecule has 2 heteroatoms. The smallest absolute Gasteiger partial charge is 0.0809 e. The van der Waals surface area contributed by atoms with Gasteiger partial charge in [0.1, 0.15) is 0 Å². The Morgan fingerprint density at radius 2 is 1.04 bits per heavy atom. The summed E-state index contributed by atoms with van der Waals surface area (Å²) in [5.74, 6) is 0. The molecular weight excluding hydrogens is 296 g/mol. The maximum atomic E-state index is 5.68. The van der Waals surface area contributed by atoms with Crippen LogP contribution in [0.3, 0.4) is 0 Å². The van der Waals surface area contributed by atoms with Crippen LogP contribution in [-0.4, -0.2) is 25.9 Å². The van der Waals surface area contributed by atoms with Gasteiger partial charge < -0.3 is 9.47 Å². The van der Waals surface area contributed by atoms with Crippen LogP contribution < -0.4 is 0 Å². The summed E-state index contributed by atoms with van der Waals surface area (Å²) in [5, 5.41) is 0. The molecule has 1 aliphatic rings. The predicted octanol–water partition coefficient (Wildman–Crippen LogP) is 7.05. The molecule has 0 aromatic carbocycles. The van der Waals surface area contributed by atoms with Crippen LogP contribution in [0, 0.1) is 0 Å². The Morgan fingerprint density at radius 3 is 1.46 bits per heavy atom. The van der Waals surface area contributed by atoms with Crippen molar-refractivity contribution in [2.24, 2.45) is 0 Å². The van der Waals surface area contributed by atoms with Gasteiger partial charge in [-0.1, -0.05) is 110 Å². The van der Waals surface area contributed by atoms with Crippen molar-refractivity contribution in [1.29, 1.82) is 0 Å². The van der Waals surface area contributed by atoms with Gasteiger partial charge in [-0.15, -0.1) is 0 Å². The molecule has 1 rings (SSSR count). The van der Waals surface area contributed by atoms with Crippen LogP contribution in [0.4, 0.5) is 0 Å². The van der Waals surface area contributed by atoms with E-state index in [0.29, 0.717) is 6.10 Å². The molecule has 0 saturated carbocycles. The molecule has 0 amide bonds. The standard InChI is InChI=1S/C22H44O2/c1-2-3-4-5-6-7-8-9-10-11-12-13-14-15-16-17-18-22-21-23-19-20-24-22/h22H,2-21H2,1H3. The highest BCUT2D eigenvalue weighted by molar-refractivity contribution is 4.61. The average molecular weight is 341 g/mol. The molecule has 0 bridgehead atoms. The highest BCUT2D eigenvalue weighted by Crippen LogP contribution is 2.15. The lowest BCUT2D eigenvalue weighted by Crippen LogP contribution is -2.28. The van der Waals surface area contributed by atoms with Crippen LogP contribution >= 0.6 is 0 Å². The van der Waals surface area contributed by atoms with Crippen molar-refractivity contribution in [3.05, 3.63) is 0 Å². The topological polar surface area (TPSA) is 18.5 Å². The Kier molecular flexibility index (Phi) is 16.2. The minimum Gasteiger partial charge on any atom is -0.376 e. The second kappa shape index (κ2) is 17.7. The predicted molar refractivity (Wildman–Crippen MR) is 105 cm³/mol. The molecule has 1 saturated heterocycles. The van der Waals surface area contributed by atoms with E-state index in [9.17, 15) is 0 Å². The van der Waals surface area contributed by atoms with Gasteiger partial charge in [0, 0.05) is 0 Å². The van der Waals surface area contributed by atoms with E-state index in [1.54, 1.807) is 0 Å². The van der Waals surface area contributed by atoms with Crippen LogP contribution in [-0.2, 0) is 9.47 Å². The van der Waals surface area contributed by atoms with Crippen LogP contribution in [0.2, 0.25) is 0 Å². The van der Waals surface area contributed by atoms with Crippen molar-refractivity contribution in [3.63, 3.8) is 0 Å². The molecule has 0 aliphatic carbocycles. The quantitative estimate of drug-likeness (QED) is 0.264. The second-order valence-electron chi connectivity index (χ2n) is 7.66. The molecule has 0 radical (unpaired) electrons. The van der Waals surface area contributed by atoms with Gasteiger partial charge in [-0.25, -0.2) is 0 Å². The summed E-state index contributed by atoms with van der Waals surface area (Å²) in [6.07, 6.45) is 24.5. The number of hydrogen-bond acceptors (Lipinski definition) is 2. The molecule has 0 spiro atoms. The fourth-order valence-electron chi connectivity index (χ4n) is 3.62. The van der Waals surface area contributed by atoms with E-state index in [4.69, 9.17) is 9.47 Å². The summed E-state index contributed by atoms with van der Waals surface area (Å²) < 4.78 is 11.1. The van der Waals surface area contributed by atoms with Gasteiger partial charge in [-0.2, -0.15) is 0 Å². The zero-order valence-corrected chi connectivity index (χ0v) is 16.5. The Balaban J connectivity index is 1.66. The van der Waals surface area contributed by atoms with E-state index in [2.05, 4.69) is 6.92 Å². The maximum Gasteiger partial charge on any atom is 0.0809 e. The van der Waals surface area contributed by atoms with Crippen LogP contribution in [0.1, 0.15) is 116 Å². The van der Waals surface area contributed by atoms with Crippen LogP contribution in [0.5, 0.6) is 0 Å². The van der Waals surface area contributed by atoms with Gasteiger partial charge in [-0.05, 0) is 6.42 Å². The first kappa shape index (κ1) is 22.0. The third-order valence-electron chi connectivity index (χ3n) is 5.26. The fraction of sp³-hybridized carbons (Fsp3) is 1.00. The van der Waals surface area contributed by atoms with Crippen molar-refractivity contribution in [2.45, 2.75) is 122 Å². The number of ether oxygens (including phenoxy) is 2. The van der Waals surface area contributed by atoms with Gasteiger partial charge in [0.2, 0.25) is 0 Å². The summed E-state index contributed by atoms with van der Waals surface area (Å²) >= 11 is 0. The van der Waals surface area contributed by atoms with E-state index in [1.807, 2.05) is 0 Å². The van der Waals surface area contributed by atoms with Gasteiger partial charge in [0.25, 0.3) is 0 Å². The Hall–Kier alpha value is -0.0800. The Labute approximate surface area is 152 Å². The minimum atomic E-state index is 0.380. The number of rotatable bonds is 17. The first-order chi connectivity index (χ1) is 11.9. The van der Waals surface area contributed by atoms with E-state index in [0.717, 1.165) is 19.8 Å². The van der Waals surface area contributed by atoms with Gasteiger partial charge >= 0.3 is 0 Å². The van der Waals surface area contributed by atoms with Crippen LogP contribution in [0.25, 0.3) is 0 Å². The molecule has 1 aliphatic heterocycles. The summed E-state index contributed by atoms with van der Waals surface area (Å²) in [4.78, 5) is 0. The molecule has 1 unspecified atom stereocenters. The molecule has 0 N–H and O–H groups in total. The first-order valence-electron chi connectivity index (χ1n) is 11.1. The zero-order chi connectivity index (χ0) is 17.1. The molecule has 0 aromatic rings. The van der Waals surface area contributed by atoms with Gasteiger partial charge in [0.15, 0.2) is 0 Å². The molecule has 24 heavy (non-hydrogen) atoms. The number of unbranched alkanes of at least 4 members (excludes halogenated alkanes) is 15. The highest BCUT2D eigenvalue weighted by atomic mass is 16.6. The monoisotopic (exact) mass is 340 g/mol. The normalized spacial score (nSPS) is 18.1. The Morgan fingerprint density at radius 1 is 0.583 bits per heavy atom. The zero-order valence-electron chi connectivity index (χ0n) is 16.5. The first-order valence-corrected chi connectivity index (χ1v) is 11.1. The number of hydrogen-bond donors (Lipinski definition) is 0. The van der Waals surface area contributed by atoms with Crippen molar-refractivity contribution in [1.82, 2.24) is 0 Å². The minimum absolute atomic E-state index is 0.380. The highest BCUT2D eigenvalue weighted by Gasteiger charge is 2.13. The van der Waals surface area contributed by atoms with Gasteiger partial charge in [-0.3, -0.25) is 0 Å². The molecule has 1 heterocycles. The molecule has 1 fully saturated rings. The van der Waals surface area contributed by atoms with Crippen molar-refractivity contribution < 1.29 is 9.47 Å². The summed E-state index contributed by atoms with van der Waals surface area (Å²) in [5.41, 5.74) is 0. The largest absolute Gasteiger partial charge is 0.376 e. The van der Waals surface area contributed by atoms with E-state index in [-0.39, 0.29) is 0 Å². The fourth-order valence-corrected chi connectivity index (χ4v) is 3.62. The molecule has 2 nitrogen and oxygen atoms in total. The molecule has 1 atom stereocenters. The SMILES string of the molecule is CCCCCCCCCCCCCCCCCCC1COCCO1. The maximum absolute atomic E-state index is 5.68. The third kappa shape index (κ3) is 14.3. The summed E-state index contributed by atoms with van der Waals surface area (Å²) in [6, 6.07) is 0. The summed E-state index contributed by atoms with van der Waals surface area (Å²) in [6.45, 7) is 4.69. The van der Waals surface area contributed by atoms with Crippen molar-refractivity contribution in [3.8, 4) is 0 Å². The average Bonchev–Trinajstić information content (AvgIpc) is 2.62. The van der Waals surface area contributed by atoms with E-state index < -0.39 is 0 Å². The van der Waals surface area contributed by atoms with Crippen molar-refractivity contribution in [2.75, 3.05) is 19.8 Å². The van der Waals surface area contributed by atoms with Crippen molar-refractivity contribution >= 4 is 0 Å². The van der Waals surface area contributed by atoms with Gasteiger partial charge in [0.05, 0.1) is 25.9 Å². The van der Waals surface area contributed by atoms with E-state index >= 15 is 0 Å². The molecule has 144 valence electrons.